The first-order valence-corrected chi connectivity index (χ1v) is 14.2. The summed E-state index contributed by atoms with van der Waals surface area (Å²) in [7, 11) is 0. The molecule has 9 rings (SSSR count). The molecule has 0 atom stereocenters. The zero-order valence-corrected chi connectivity index (χ0v) is 22.7. The molecule has 198 valence electrons. The standard InChI is InChI=1S/C38H25N3O/c1-3-9-25(10-4-1)27-15-19-33-30(21-27)31-22-28(26-11-5-2-6-12-26)16-20-34(31)40(33)29-17-18-32-36(23-29)41-35-13-7-8-14-37(35)42-24-38(41)39-32/h1-23H,24H2. The number of aromatic nitrogens is 3. The average molecular weight is 540 g/mol. The number of fused-ring (bicyclic) bond motifs is 8. The molecular formula is C38H25N3O. The lowest BCUT2D eigenvalue weighted by atomic mass is 10.0. The van der Waals surface area contributed by atoms with E-state index in [1.165, 1.54) is 44.1 Å². The van der Waals surface area contributed by atoms with Crippen LogP contribution >= 0.6 is 0 Å². The Kier molecular flexibility index (Phi) is 4.93. The van der Waals surface area contributed by atoms with Gasteiger partial charge in [-0.3, -0.25) is 4.57 Å². The Bertz CT molecular complexity index is 2200. The Morgan fingerprint density at radius 3 is 1.79 bits per heavy atom. The molecule has 0 N–H and O–H groups in total. The summed E-state index contributed by atoms with van der Waals surface area (Å²) in [5, 5.41) is 2.47. The van der Waals surface area contributed by atoms with Crippen molar-refractivity contribution in [3.8, 4) is 39.4 Å². The Morgan fingerprint density at radius 2 is 1.12 bits per heavy atom. The monoisotopic (exact) mass is 539 g/mol. The quantitative estimate of drug-likeness (QED) is 0.224. The predicted octanol–water partition coefficient (Wildman–Crippen LogP) is 9.35. The summed E-state index contributed by atoms with van der Waals surface area (Å²) >= 11 is 0. The summed E-state index contributed by atoms with van der Waals surface area (Å²) in [5.74, 6) is 1.80. The maximum Gasteiger partial charge on any atom is 0.152 e. The molecule has 0 amide bonds. The molecule has 1 aliphatic rings. The summed E-state index contributed by atoms with van der Waals surface area (Å²) in [6.07, 6.45) is 0. The number of imidazole rings is 1. The molecule has 0 saturated heterocycles. The fourth-order valence-corrected chi connectivity index (χ4v) is 6.45. The van der Waals surface area contributed by atoms with Crippen molar-refractivity contribution in [1.29, 1.82) is 0 Å². The van der Waals surface area contributed by atoms with Gasteiger partial charge in [0.05, 0.1) is 27.8 Å². The van der Waals surface area contributed by atoms with E-state index in [0.717, 1.165) is 34.0 Å². The topological polar surface area (TPSA) is 32.0 Å². The van der Waals surface area contributed by atoms with Crippen LogP contribution < -0.4 is 4.74 Å². The highest BCUT2D eigenvalue weighted by atomic mass is 16.5. The Hall–Kier alpha value is -5.61. The molecule has 4 heteroatoms. The summed E-state index contributed by atoms with van der Waals surface area (Å²) in [6, 6.07) is 49.7. The minimum atomic E-state index is 0.459. The van der Waals surface area contributed by atoms with Crippen molar-refractivity contribution in [3.05, 3.63) is 145 Å². The van der Waals surface area contributed by atoms with Gasteiger partial charge in [0.1, 0.15) is 12.4 Å². The van der Waals surface area contributed by atoms with E-state index in [2.05, 4.69) is 137 Å². The third kappa shape index (κ3) is 3.45. The maximum atomic E-state index is 6.00. The molecule has 4 nitrogen and oxygen atoms in total. The summed E-state index contributed by atoms with van der Waals surface area (Å²) < 4.78 is 10.6. The van der Waals surface area contributed by atoms with Crippen LogP contribution in [0, 0.1) is 0 Å². The van der Waals surface area contributed by atoms with E-state index in [1.54, 1.807) is 0 Å². The van der Waals surface area contributed by atoms with E-state index in [-0.39, 0.29) is 0 Å². The first-order chi connectivity index (χ1) is 20.8. The summed E-state index contributed by atoms with van der Waals surface area (Å²) in [4.78, 5) is 4.92. The second kappa shape index (κ2) is 8.95. The maximum absolute atomic E-state index is 6.00. The van der Waals surface area contributed by atoms with Crippen LogP contribution in [-0.4, -0.2) is 14.1 Å². The van der Waals surface area contributed by atoms with Crippen LogP contribution in [-0.2, 0) is 6.61 Å². The fourth-order valence-electron chi connectivity index (χ4n) is 6.45. The molecular weight excluding hydrogens is 514 g/mol. The zero-order chi connectivity index (χ0) is 27.6. The molecule has 0 bridgehead atoms. The lowest BCUT2D eigenvalue weighted by Crippen LogP contribution is -2.12. The fraction of sp³-hybridized carbons (Fsp3) is 0.0263. The average Bonchev–Trinajstić information content (AvgIpc) is 3.60. The number of nitrogens with zero attached hydrogens (tertiary/aromatic N) is 3. The summed E-state index contributed by atoms with van der Waals surface area (Å²) in [6.45, 7) is 0.459. The van der Waals surface area contributed by atoms with Crippen molar-refractivity contribution >= 4 is 32.8 Å². The number of rotatable bonds is 3. The highest BCUT2D eigenvalue weighted by Gasteiger charge is 2.22. The second-order valence-corrected chi connectivity index (χ2v) is 10.8. The van der Waals surface area contributed by atoms with Gasteiger partial charge in [0.2, 0.25) is 0 Å². The molecule has 8 aromatic rings. The van der Waals surface area contributed by atoms with Crippen LogP contribution in [0.3, 0.4) is 0 Å². The second-order valence-electron chi connectivity index (χ2n) is 10.8. The van der Waals surface area contributed by atoms with Crippen LogP contribution in [0.1, 0.15) is 5.82 Å². The van der Waals surface area contributed by atoms with Gasteiger partial charge < -0.3 is 9.30 Å². The smallest absolute Gasteiger partial charge is 0.152 e. The number of benzene rings is 6. The van der Waals surface area contributed by atoms with Gasteiger partial charge in [0.25, 0.3) is 0 Å². The van der Waals surface area contributed by atoms with Crippen LogP contribution in [0.5, 0.6) is 5.75 Å². The van der Waals surface area contributed by atoms with E-state index in [9.17, 15) is 0 Å². The molecule has 0 unspecified atom stereocenters. The lowest BCUT2D eigenvalue weighted by Gasteiger charge is -2.19. The third-order valence-electron chi connectivity index (χ3n) is 8.41. The van der Waals surface area contributed by atoms with Crippen molar-refractivity contribution in [1.82, 2.24) is 14.1 Å². The van der Waals surface area contributed by atoms with Crippen molar-refractivity contribution in [2.45, 2.75) is 6.61 Å². The normalized spacial score (nSPS) is 12.4. The molecule has 3 heterocycles. The van der Waals surface area contributed by atoms with Gasteiger partial charge >= 0.3 is 0 Å². The van der Waals surface area contributed by atoms with Gasteiger partial charge in [-0.2, -0.15) is 0 Å². The van der Waals surface area contributed by atoms with Crippen LogP contribution in [0.15, 0.2) is 140 Å². The highest BCUT2D eigenvalue weighted by molar-refractivity contribution is 6.11. The Balaban J connectivity index is 1.31. The number of hydrogen-bond acceptors (Lipinski definition) is 2. The van der Waals surface area contributed by atoms with Crippen molar-refractivity contribution in [2.75, 3.05) is 0 Å². The Morgan fingerprint density at radius 1 is 0.500 bits per heavy atom. The van der Waals surface area contributed by atoms with E-state index in [1.807, 2.05) is 12.1 Å². The lowest BCUT2D eigenvalue weighted by molar-refractivity contribution is 0.280. The van der Waals surface area contributed by atoms with Gasteiger partial charge in [-0.1, -0.05) is 84.9 Å². The van der Waals surface area contributed by atoms with Gasteiger partial charge in [0, 0.05) is 16.5 Å². The number of para-hydroxylation sites is 2. The number of hydrogen-bond donors (Lipinski definition) is 0. The van der Waals surface area contributed by atoms with Gasteiger partial charge in [-0.15, -0.1) is 0 Å². The van der Waals surface area contributed by atoms with E-state index < -0.39 is 0 Å². The molecule has 0 saturated carbocycles. The van der Waals surface area contributed by atoms with E-state index in [0.29, 0.717) is 6.61 Å². The predicted molar refractivity (Wildman–Crippen MR) is 171 cm³/mol. The largest absolute Gasteiger partial charge is 0.483 e. The first kappa shape index (κ1) is 23.1. The van der Waals surface area contributed by atoms with Gasteiger partial charge in [-0.25, -0.2) is 4.98 Å². The van der Waals surface area contributed by atoms with Gasteiger partial charge in [0.15, 0.2) is 5.82 Å². The molecule has 0 spiro atoms. The van der Waals surface area contributed by atoms with Crippen LogP contribution in [0.25, 0.3) is 66.5 Å². The van der Waals surface area contributed by atoms with Crippen molar-refractivity contribution < 1.29 is 4.74 Å². The van der Waals surface area contributed by atoms with Crippen molar-refractivity contribution in [3.63, 3.8) is 0 Å². The van der Waals surface area contributed by atoms with Crippen molar-refractivity contribution in [2.24, 2.45) is 0 Å². The molecule has 42 heavy (non-hydrogen) atoms. The van der Waals surface area contributed by atoms with E-state index >= 15 is 0 Å². The molecule has 1 aliphatic heterocycles. The van der Waals surface area contributed by atoms with Gasteiger partial charge in [-0.05, 0) is 76.9 Å². The molecule has 0 fully saturated rings. The van der Waals surface area contributed by atoms with Crippen LogP contribution in [0.2, 0.25) is 0 Å². The Labute approximate surface area is 242 Å². The molecule has 2 aromatic heterocycles. The first-order valence-electron chi connectivity index (χ1n) is 14.2. The highest BCUT2D eigenvalue weighted by Crippen LogP contribution is 2.39. The number of ether oxygens (including phenoxy) is 1. The SMILES string of the molecule is c1ccc(-c2ccc3c(c2)c2cc(-c4ccccc4)ccc2n3-c2ccc3nc4n(c3c2)-c2ccccc2OC4)cc1. The summed E-state index contributed by atoms with van der Waals surface area (Å²) in [5.41, 5.74) is 11.4. The minimum absolute atomic E-state index is 0.459. The zero-order valence-electron chi connectivity index (χ0n) is 22.7. The minimum Gasteiger partial charge on any atom is -0.483 e. The third-order valence-corrected chi connectivity index (χ3v) is 8.41. The molecule has 6 aromatic carbocycles. The molecule has 0 radical (unpaired) electrons. The molecule has 0 aliphatic carbocycles. The van der Waals surface area contributed by atoms with Crippen LogP contribution in [0.4, 0.5) is 0 Å². The van der Waals surface area contributed by atoms with E-state index in [4.69, 9.17) is 9.72 Å².